The van der Waals surface area contributed by atoms with Gasteiger partial charge in [0.1, 0.15) is 5.15 Å². The van der Waals surface area contributed by atoms with Crippen molar-refractivity contribution in [2.24, 2.45) is 0 Å². The number of carbonyl (C=O) groups excluding carboxylic acids is 2. The van der Waals surface area contributed by atoms with E-state index in [2.05, 4.69) is 10.3 Å². The first-order valence-electron chi connectivity index (χ1n) is 7.22. The number of aryl methyl sites for hydroxylation is 1. The number of halogens is 1. The Morgan fingerprint density at radius 3 is 2.62 bits per heavy atom. The van der Waals surface area contributed by atoms with E-state index in [1.807, 2.05) is 13.8 Å². The minimum absolute atomic E-state index is 0.0253. The molecule has 0 radical (unpaired) electrons. The van der Waals surface area contributed by atoms with Gasteiger partial charge in [-0.1, -0.05) is 18.5 Å². The lowest BCUT2D eigenvalue weighted by molar-refractivity contribution is -0.121. The summed E-state index contributed by atoms with van der Waals surface area (Å²) in [5, 5.41) is 3.31. The molecule has 1 aromatic heterocycles. The Hall–Kier alpha value is -1.62. The molecule has 1 saturated heterocycles. The van der Waals surface area contributed by atoms with Crippen molar-refractivity contribution in [3.05, 3.63) is 28.5 Å². The quantitative estimate of drug-likeness (QED) is 0.870. The van der Waals surface area contributed by atoms with Gasteiger partial charge < -0.3 is 10.2 Å². The SMILES string of the molecule is CCC(=O)NC1CCN(C(=O)c2cc(C)nc(Cl)c2)CC1. The first-order chi connectivity index (χ1) is 9.99. The number of aromatic nitrogens is 1. The van der Waals surface area contributed by atoms with E-state index in [9.17, 15) is 9.59 Å². The summed E-state index contributed by atoms with van der Waals surface area (Å²) in [4.78, 5) is 29.7. The number of hydrogen-bond acceptors (Lipinski definition) is 3. The Balaban J connectivity index is 1.95. The number of nitrogens with one attached hydrogen (secondary N) is 1. The van der Waals surface area contributed by atoms with Crippen LogP contribution in [0.25, 0.3) is 0 Å². The number of nitrogens with zero attached hydrogens (tertiary/aromatic N) is 2. The second-order valence-corrected chi connectivity index (χ2v) is 5.69. The summed E-state index contributed by atoms with van der Waals surface area (Å²) in [5.41, 5.74) is 1.31. The smallest absolute Gasteiger partial charge is 0.254 e. The zero-order valence-corrected chi connectivity index (χ0v) is 13.1. The van der Waals surface area contributed by atoms with Crippen LogP contribution in [0.5, 0.6) is 0 Å². The van der Waals surface area contributed by atoms with Crippen molar-refractivity contribution < 1.29 is 9.59 Å². The molecule has 1 aliphatic heterocycles. The highest BCUT2D eigenvalue weighted by atomic mass is 35.5. The number of likely N-dealkylation sites (tertiary alicyclic amines) is 1. The monoisotopic (exact) mass is 309 g/mol. The minimum Gasteiger partial charge on any atom is -0.353 e. The van der Waals surface area contributed by atoms with E-state index in [1.54, 1.807) is 17.0 Å². The molecule has 0 aliphatic carbocycles. The van der Waals surface area contributed by atoms with Crippen LogP contribution < -0.4 is 5.32 Å². The van der Waals surface area contributed by atoms with Crippen molar-refractivity contribution >= 4 is 23.4 Å². The Bertz CT molecular complexity index is 519. The van der Waals surface area contributed by atoms with Crippen molar-refractivity contribution in [1.82, 2.24) is 15.2 Å². The standard InChI is InChI=1S/C15H20ClN3O2/c1-3-14(20)18-12-4-6-19(7-5-12)15(21)11-8-10(2)17-13(16)9-11/h8-9,12H,3-7H2,1-2H3,(H,18,20). The predicted molar refractivity (Wildman–Crippen MR) is 81.3 cm³/mol. The van der Waals surface area contributed by atoms with E-state index in [1.165, 1.54) is 0 Å². The van der Waals surface area contributed by atoms with E-state index in [0.717, 1.165) is 18.5 Å². The van der Waals surface area contributed by atoms with Gasteiger partial charge in [-0.3, -0.25) is 9.59 Å². The third kappa shape index (κ3) is 4.17. The molecule has 0 aromatic carbocycles. The van der Waals surface area contributed by atoms with E-state index in [-0.39, 0.29) is 17.9 Å². The average Bonchev–Trinajstić information content (AvgIpc) is 2.46. The molecular formula is C15H20ClN3O2. The summed E-state index contributed by atoms with van der Waals surface area (Å²) in [5.74, 6) is 0.0407. The molecule has 114 valence electrons. The average molecular weight is 310 g/mol. The Kier molecular flexibility index (Phi) is 5.17. The molecule has 2 heterocycles. The minimum atomic E-state index is -0.0253. The van der Waals surface area contributed by atoms with E-state index < -0.39 is 0 Å². The first-order valence-corrected chi connectivity index (χ1v) is 7.60. The molecule has 0 unspecified atom stereocenters. The summed E-state index contributed by atoms with van der Waals surface area (Å²) in [7, 11) is 0. The number of pyridine rings is 1. The molecule has 2 rings (SSSR count). The maximum absolute atomic E-state index is 12.4. The predicted octanol–water partition coefficient (Wildman–Crippen LogP) is 2.17. The van der Waals surface area contributed by atoms with Crippen LogP contribution in [0.15, 0.2) is 12.1 Å². The second-order valence-electron chi connectivity index (χ2n) is 5.31. The third-order valence-corrected chi connectivity index (χ3v) is 3.83. The Morgan fingerprint density at radius 2 is 2.05 bits per heavy atom. The molecule has 21 heavy (non-hydrogen) atoms. The van der Waals surface area contributed by atoms with Gasteiger partial charge in [0, 0.05) is 36.8 Å². The lowest BCUT2D eigenvalue weighted by atomic mass is 10.0. The van der Waals surface area contributed by atoms with Crippen LogP contribution in [0.2, 0.25) is 5.15 Å². The maximum atomic E-state index is 12.4. The summed E-state index contributed by atoms with van der Waals surface area (Å²) in [6.45, 7) is 4.94. The van der Waals surface area contributed by atoms with Gasteiger partial charge in [-0.2, -0.15) is 0 Å². The van der Waals surface area contributed by atoms with Gasteiger partial charge in [0.15, 0.2) is 0 Å². The highest BCUT2D eigenvalue weighted by Gasteiger charge is 2.24. The zero-order valence-electron chi connectivity index (χ0n) is 12.4. The van der Waals surface area contributed by atoms with Gasteiger partial charge in [0.2, 0.25) is 5.91 Å². The van der Waals surface area contributed by atoms with Crippen molar-refractivity contribution in [1.29, 1.82) is 0 Å². The molecule has 1 fully saturated rings. The number of rotatable bonds is 3. The molecule has 1 aliphatic rings. The summed E-state index contributed by atoms with van der Waals surface area (Å²) < 4.78 is 0. The van der Waals surface area contributed by atoms with Crippen LogP contribution in [0, 0.1) is 6.92 Å². The molecular weight excluding hydrogens is 290 g/mol. The van der Waals surface area contributed by atoms with Gasteiger partial charge in [-0.15, -0.1) is 0 Å². The Labute approximate surface area is 129 Å². The lowest BCUT2D eigenvalue weighted by Gasteiger charge is -2.32. The molecule has 0 spiro atoms. The maximum Gasteiger partial charge on any atom is 0.254 e. The number of piperidine rings is 1. The fraction of sp³-hybridized carbons (Fsp3) is 0.533. The van der Waals surface area contributed by atoms with Crippen LogP contribution in [0.3, 0.4) is 0 Å². The van der Waals surface area contributed by atoms with Crippen LogP contribution >= 0.6 is 11.6 Å². The van der Waals surface area contributed by atoms with Crippen molar-refractivity contribution in [3.8, 4) is 0 Å². The first kappa shape index (κ1) is 15.8. The molecule has 0 saturated carbocycles. The topological polar surface area (TPSA) is 62.3 Å². The van der Waals surface area contributed by atoms with E-state index in [0.29, 0.717) is 30.2 Å². The van der Waals surface area contributed by atoms with Crippen LogP contribution in [0.4, 0.5) is 0 Å². The number of amides is 2. The largest absolute Gasteiger partial charge is 0.353 e. The van der Waals surface area contributed by atoms with Crippen LogP contribution in [0.1, 0.15) is 42.2 Å². The summed E-state index contributed by atoms with van der Waals surface area (Å²) in [6.07, 6.45) is 2.07. The van der Waals surface area contributed by atoms with Crippen LogP contribution in [-0.4, -0.2) is 40.8 Å². The van der Waals surface area contributed by atoms with Gasteiger partial charge in [0.25, 0.3) is 5.91 Å². The molecule has 5 nitrogen and oxygen atoms in total. The number of hydrogen-bond donors (Lipinski definition) is 1. The summed E-state index contributed by atoms with van der Waals surface area (Å²) in [6, 6.07) is 3.52. The van der Waals surface area contributed by atoms with E-state index in [4.69, 9.17) is 11.6 Å². The normalized spacial score (nSPS) is 15.9. The zero-order chi connectivity index (χ0) is 15.4. The fourth-order valence-corrected chi connectivity index (χ4v) is 2.74. The van der Waals surface area contributed by atoms with Gasteiger partial charge in [0.05, 0.1) is 0 Å². The van der Waals surface area contributed by atoms with E-state index >= 15 is 0 Å². The second kappa shape index (κ2) is 6.89. The summed E-state index contributed by atoms with van der Waals surface area (Å²) >= 11 is 5.90. The van der Waals surface area contributed by atoms with Gasteiger partial charge in [-0.25, -0.2) is 4.98 Å². The van der Waals surface area contributed by atoms with Crippen molar-refractivity contribution in [2.75, 3.05) is 13.1 Å². The highest BCUT2D eigenvalue weighted by molar-refractivity contribution is 6.29. The lowest BCUT2D eigenvalue weighted by Crippen LogP contribution is -2.46. The third-order valence-electron chi connectivity index (χ3n) is 3.64. The molecule has 1 aromatic rings. The fourth-order valence-electron chi connectivity index (χ4n) is 2.49. The molecule has 6 heteroatoms. The van der Waals surface area contributed by atoms with Gasteiger partial charge >= 0.3 is 0 Å². The van der Waals surface area contributed by atoms with Gasteiger partial charge in [-0.05, 0) is 31.9 Å². The molecule has 0 atom stereocenters. The Morgan fingerprint density at radius 1 is 1.38 bits per heavy atom. The van der Waals surface area contributed by atoms with Crippen molar-refractivity contribution in [2.45, 2.75) is 39.2 Å². The molecule has 0 bridgehead atoms. The number of carbonyl (C=O) groups is 2. The highest BCUT2D eigenvalue weighted by Crippen LogP contribution is 2.17. The van der Waals surface area contributed by atoms with Crippen molar-refractivity contribution in [3.63, 3.8) is 0 Å². The van der Waals surface area contributed by atoms with Crippen LogP contribution in [-0.2, 0) is 4.79 Å². The molecule has 1 N–H and O–H groups in total. The molecule has 2 amide bonds.